The number of Topliss-reactive ketones (excluding diaryl/α,β-unsaturated/α-hetero) is 1. The third kappa shape index (κ3) is 3.36. The van der Waals surface area contributed by atoms with Crippen LogP contribution in [0.4, 0.5) is 23.7 Å². The minimum Gasteiger partial charge on any atom is -0.450 e. The monoisotopic (exact) mass is 424 g/mol. The van der Waals surface area contributed by atoms with E-state index in [2.05, 4.69) is 4.74 Å². The lowest BCUT2D eigenvalue weighted by molar-refractivity contribution is -0.186. The average Bonchev–Trinajstić information content (AvgIpc) is 2.84. The van der Waals surface area contributed by atoms with Gasteiger partial charge < -0.3 is 4.74 Å². The molecule has 1 N–H and O–H groups in total. The molecule has 1 unspecified atom stereocenters. The van der Waals surface area contributed by atoms with Gasteiger partial charge in [0, 0.05) is 17.8 Å². The number of aryl methyl sites for hydroxylation is 1. The fourth-order valence-electron chi connectivity index (χ4n) is 4.04. The van der Waals surface area contributed by atoms with E-state index in [1.807, 2.05) is 0 Å². The molecule has 30 heavy (non-hydrogen) atoms. The van der Waals surface area contributed by atoms with E-state index >= 15 is 0 Å². The van der Waals surface area contributed by atoms with Crippen LogP contribution in [0, 0.1) is 12.3 Å². The molecule has 0 saturated carbocycles. The van der Waals surface area contributed by atoms with Crippen LogP contribution >= 0.6 is 0 Å². The number of alkyl halides is 3. The normalized spacial score (nSPS) is 23.5. The maximum atomic E-state index is 14.5. The molecule has 6 nitrogen and oxygen atoms in total. The lowest BCUT2D eigenvalue weighted by Gasteiger charge is -2.35. The number of rotatable bonds is 3. The molecule has 1 heterocycles. The Hall–Kier alpha value is -2.84. The number of carbonyl (C=O) groups excluding carboxylic acids is 3. The molecule has 0 saturated heterocycles. The van der Waals surface area contributed by atoms with Crippen LogP contribution in [-0.2, 0) is 14.3 Å². The van der Waals surface area contributed by atoms with Crippen LogP contribution in [0.2, 0.25) is 0 Å². The quantitative estimate of drug-likeness (QED) is 0.795. The lowest BCUT2D eigenvalue weighted by atomic mass is 9.72. The van der Waals surface area contributed by atoms with Gasteiger partial charge in [0.15, 0.2) is 5.78 Å². The van der Waals surface area contributed by atoms with E-state index in [0.29, 0.717) is 0 Å². The first-order valence-corrected chi connectivity index (χ1v) is 9.54. The number of alkyl carbamates (subject to hydrolysis) is 1. The zero-order valence-electron chi connectivity index (χ0n) is 17.1. The Kier molecular flexibility index (Phi) is 5.20. The number of amides is 2. The average molecular weight is 424 g/mol. The van der Waals surface area contributed by atoms with Gasteiger partial charge in [0.1, 0.15) is 0 Å². The number of hydrogen-bond acceptors (Lipinski definition) is 4. The van der Waals surface area contributed by atoms with Gasteiger partial charge in [-0.05, 0) is 37.8 Å². The largest absolute Gasteiger partial charge is 0.450 e. The highest BCUT2D eigenvalue weighted by Gasteiger charge is 2.72. The Morgan fingerprint density at radius 2 is 1.77 bits per heavy atom. The van der Waals surface area contributed by atoms with Crippen LogP contribution in [0.1, 0.15) is 39.2 Å². The van der Waals surface area contributed by atoms with Gasteiger partial charge in [-0.3, -0.25) is 19.8 Å². The number of nitrogens with one attached hydrogen (secondary N) is 1. The molecule has 1 aromatic carbocycles. The summed E-state index contributed by atoms with van der Waals surface area (Å²) in [5.74, 6) is -2.26. The number of benzene rings is 1. The van der Waals surface area contributed by atoms with Crippen molar-refractivity contribution in [1.29, 1.82) is 0 Å². The summed E-state index contributed by atoms with van der Waals surface area (Å²) in [4.78, 5) is 39.3. The number of allylic oxidation sites excluding steroid dienone is 1. The third-order valence-electron chi connectivity index (χ3n) is 5.30. The van der Waals surface area contributed by atoms with Crippen molar-refractivity contribution < 1.29 is 32.3 Å². The predicted octanol–water partition coefficient (Wildman–Crippen LogP) is 4.03. The number of halogens is 3. The van der Waals surface area contributed by atoms with Gasteiger partial charge in [-0.1, -0.05) is 31.5 Å². The minimum atomic E-state index is -5.26. The van der Waals surface area contributed by atoms with Gasteiger partial charge in [-0.25, -0.2) is 4.79 Å². The predicted molar refractivity (Wildman–Crippen MR) is 103 cm³/mol. The first-order chi connectivity index (χ1) is 13.8. The van der Waals surface area contributed by atoms with Crippen molar-refractivity contribution in [3.8, 4) is 0 Å². The van der Waals surface area contributed by atoms with Gasteiger partial charge in [0.25, 0.3) is 5.91 Å². The van der Waals surface area contributed by atoms with Crippen LogP contribution in [-0.4, -0.2) is 36.1 Å². The van der Waals surface area contributed by atoms with Gasteiger partial charge in [-0.15, -0.1) is 0 Å². The van der Waals surface area contributed by atoms with E-state index in [4.69, 9.17) is 0 Å². The van der Waals surface area contributed by atoms with Gasteiger partial charge in [0.2, 0.25) is 5.54 Å². The van der Waals surface area contributed by atoms with Crippen LogP contribution < -0.4 is 10.2 Å². The zero-order valence-corrected chi connectivity index (χ0v) is 17.1. The van der Waals surface area contributed by atoms with E-state index < -0.39 is 40.5 Å². The molecule has 1 aromatic rings. The summed E-state index contributed by atoms with van der Waals surface area (Å²) >= 11 is 0. The Bertz CT molecular complexity index is 935. The smallest absolute Gasteiger partial charge is 0.425 e. The van der Waals surface area contributed by atoms with Crippen LogP contribution in [0.5, 0.6) is 0 Å². The molecule has 2 aliphatic rings. The molecule has 0 spiro atoms. The molecule has 162 valence electrons. The summed E-state index contributed by atoms with van der Waals surface area (Å²) in [6.07, 6.45) is -6.79. The summed E-state index contributed by atoms with van der Waals surface area (Å²) in [5.41, 5.74) is -3.86. The summed E-state index contributed by atoms with van der Waals surface area (Å²) in [6.45, 7) is 6.53. The molecule has 0 radical (unpaired) electrons. The van der Waals surface area contributed by atoms with Crippen molar-refractivity contribution in [3.05, 3.63) is 41.1 Å². The van der Waals surface area contributed by atoms with Crippen molar-refractivity contribution in [2.75, 3.05) is 11.5 Å². The Balaban J connectivity index is 2.28. The summed E-state index contributed by atoms with van der Waals surface area (Å²) in [5, 5.41) is 1.70. The molecule has 0 fully saturated rings. The molecule has 1 aliphatic heterocycles. The van der Waals surface area contributed by atoms with Crippen molar-refractivity contribution in [1.82, 2.24) is 5.32 Å². The van der Waals surface area contributed by atoms with Crippen LogP contribution in [0.3, 0.4) is 0 Å². The van der Waals surface area contributed by atoms with Crippen molar-refractivity contribution in [3.63, 3.8) is 0 Å². The first-order valence-electron chi connectivity index (χ1n) is 9.54. The van der Waals surface area contributed by atoms with Crippen molar-refractivity contribution in [2.24, 2.45) is 5.41 Å². The van der Waals surface area contributed by atoms with Gasteiger partial charge >= 0.3 is 12.3 Å². The lowest BCUT2D eigenvalue weighted by Crippen LogP contribution is -2.66. The second-order valence-electron chi connectivity index (χ2n) is 8.33. The molecular formula is C21H23F3N2O4. The Morgan fingerprint density at radius 3 is 2.30 bits per heavy atom. The highest BCUT2D eigenvalue weighted by Crippen LogP contribution is 2.52. The fourth-order valence-corrected chi connectivity index (χ4v) is 4.04. The van der Waals surface area contributed by atoms with E-state index in [9.17, 15) is 27.6 Å². The molecule has 1 aliphatic carbocycles. The first kappa shape index (κ1) is 21.9. The molecule has 1 atom stereocenters. The second-order valence-corrected chi connectivity index (χ2v) is 8.33. The Labute approximate surface area is 172 Å². The summed E-state index contributed by atoms with van der Waals surface area (Å²) < 4.78 is 48.0. The van der Waals surface area contributed by atoms with Crippen LogP contribution in [0.25, 0.3) is 0 Å². The SMILES string of the molecule is CCOC(=O)NC1(C(F)(F)F)C(=O)N(c2ccc(C)cc2)C2=C1C(=O)CC(C)(C)C2. The highest BCUT2D eigenvalue weighted by atomic mass is 19.4. The zero-order chi connectivity index (χ0) is 22.5. The number of carbonyl (C=O) groups is 3. The molecule has 3 rings (SSSR count). The minimum absolute atomic E-state index is 0.0424. The van der Waals surface area contributed by atoms with E-state index in [1.54, 1.807) is 38.2 Å². The topological polar surface area (TPSA) is 75.7 Å². The van der Waals surface area contributed by atoms with Gasteiger partial charge in [-0.2, -0.15) is 13.2 Å². The third-order valence-corrected chi connectivity index (χ3v) is 5.30. The summed E-state index contributed by atoms with van der Waals surface area (Å²) in [6, 6.07) is 6.34. The number of ether oxygens (including phenoxy) is 1. The van der Waals surface area contributed by atoms with Crippen LogP contribution in [0.15, 0.2) is 35.5 Å². The Morgan fingerprint density at radius 1 is 1.17 bits per heavy atom. The number of hydrogen-bond donors (Lipinski definition) is 1. The number of nitrogens with zero attached hydrogens (tertiary/aromatic N) is 1. The number of anilines is 1. The highest BCUT2D eigenvalue weighted by molar-refractivity contribution is 6.20. The molecule has 0 aromatic heterocycles. The number of ketones is 1. The molecule has 9 heteroatoms. The standard InChI is InChI=1S/C21H23F3N2O4/c1-5-30-18(29)25-20(21(22,23)24)16-14(10-19(3,4)11-15(16)27)26(17(20)28)13-8-6-12(2)7-9-13/h6-9H,5,10-11H2,1-4H3,(H,25,29). The fraction of sp³-hybridized carbons (Fsp3) is 0.476. The van der Waals surface area contributed by atoms with Crippen molar-refractivity contribution >= 4 is 23.5 Å². The van der Waals surface area contributed by atoms with E-state index in [1.165, 1.54) is 19.1 Å². The molecular weight excluding hydrogens is 401 g/mol. The van der Waals surface area contributed by atoms with E-state index in [-0.39, 0.29) is 30.8 Å². The maximum Gasteiger partial charge on any atom is 0.425 e. The van der Waals surface area contributed by atoms with Crippen molar-refractivity contribution in [2.45, 2.75) is 52.3 Å². The maximum absolute atomic E-state index is 14.5. The second kappa shape index (κ2) is 7.14. The molecule has 2 amide bonds. The molecule has 0 bridgehead atoms. The van der Waals surface area contributed by atoms with E-state index in [0.717, 1.165) is 10.5 Å². The summed E-state index contributed by atoms with van der Waals surface area (Å²) in [7, 11) is 0. The van der Waals surface area contributed by atoms with Gasteiger partial charge in [0.05, 0.1) is 12.2 Å².